The van der Waals surface area contributed by atoms with Crippen LogP contribution < -0.4 is 0 Å². The van der Waals surface area contributed by atoms with E-state index in [0.717, 1.165) is 57.8 Å². The van der Waals surface area contributed by atoms with Crippen molar-refractivity contribution in [1.29, 1.82) is 0 Å². The van der Waals surface area contributed by atoms with E-state index in [4.69, 9.17) is 14.2 Å². The first-order valence-electron chi connectivity index (χ1n) is 28.2. The van der Waals surface area contributed by atoms with Crippen LogP contribution in [0.25, 0.3) is 0 Å². The van der Waals surface area contributed by atoms with Gasteiger partial charge in [0.2, 0.25) is 0 Å². The molecule has 1 unspecified atom stereocenters. The predicted molar refractivity (Wildman–Crippen MR) is 279 cm³/mol. The summed E-state index contributed by atoms with van der Waals surface area (Å²) in [4.78, 5) is 25.5. The van der Waals surface area contributed by atoms with Crippen molar-refractivity contribution in [3.05, 3.63) is 48.6 Å². The van der Waals surface area contributed by atoms with E-state index in [1.54, 1.807) is 0 Å². The van der Waals surface area contributed by atoms with Gasteiger partial charge in [-0.3, -0.25) is 9.59 Å². The van der Waals surface area contributed by atoms with E-state index in [0.29, 0.717) is 19.4 Å². The molecule has 0 aliphatic carbocycles. The predicted octanol–water partition coefficient (Wildman–Crippen LogP) is 19.1. The molecule has 0 aliphatic rings. The highest BCUT2D eigenvalue weighted by Crippen LogP contribution is 2.15. The van der Waals surface area contributed by atoms with Crippen LogP contribution in [-0.4, -0.2) is 37.9 Å². The fourth-order valence-electron chi connectivity index (χ4n) is 8.06. The summed E-state index contributed by atoms with van der Waals surface area (Å²) in [5.41, 5.74) is 0. The van der Waals surface area contributed by atoms with Gasteiger partial charge in [0.25, 0.3) is 0 Å². The average Bonchev–Trinajstić information content (AvgIpc) is 3.30. The van der Waals surface area contributed by atoms with Gasteiger partial charge in [-0.15, -0.1) is 0 Å². The van der Waals surface area contributed by atoms with Crippen molar-refractivity contribution in [2.45, 2.75) is 297 Å². The lowest BCUT2D eigenvalue weighted by Gasteiger charge is -2.18. The molecule has 0 saturated heterocycles. The highest BCUT2D eigenvalue weighted by atomic mass is 16.6. The van der Waals surface area contributed by atoms with Crippen molar-refractivity contribution in [3.63, 3.8) is 0 Å². The Morgan fingerprint density at radius 3 is 1.08 bits per heavy atom. The van der Waals surface area contributed by atoms with Gasteiger partial charge in [-0.05, 0) is 103 Å². The van der Waals surface area contributed by atoms with Gasteiger partial charge in [-0.25, -0.2) is 0 Å². The summed E-state index contributed by atoms with van der Waals surface area (Å²) >= 11 is 0. The second-order valence-corrected chi connectivity index (χ2v) is 18.8. The lowest BCUT2D eigenvalue weighted by atomic mass is 10.1. The maximum atomic E-state index is 12.8. The van der Waals surface area contributed by atoms with Gasteiger partial charge in [0, 0.05) is 19.4 Å². The number of allylic oxidation sites excluding steroid dienone is 8. The molecule has 0 bridgehead atoms. The Balaban J connectivity index is 4.29. The lowest BCUT2D eigenvalue weighted by Crippen LogP contribution is -2.30. The first-order valence-corrected chi connectivity index (χ1v) is 28.2. The zero-order valence-electron chi connectivity index (χ0n) is 43.1. The minimum atomic E-state index is -0.547. The van der Waals surface area contributed by atoms with Crippen molar-refractivity contribution < 1.29 is 23.8 Å². The largest absolute Gasteiger partial charge is 0.462 e. The molecule has 374 valence electrons. The van der Waals surface area contributed by atoms with Crippen LogP contribution in [0.1, 0.15) is 290 Å². The fourth-order valence-corrected chi connectivity index (χ4v) is 8.06. The van der Waals surface area contributed by atoms with Crippen molar-refractivity contribution in [3.8, 4) is 0 Å². The van der Waals surface area contributed by atoms with E-state index in [2.05, 4.69) is 69.4 Å². The van der Waals surface area contributed by atoms with Crippen LogP contribution in [0.3, 0.4) is 0 Å². The molecule has 0 spiro atoms. The standard InChI is InChI=1S/C59H108O5/c1-4-7-10-13-16-19-22-25-28-30-32-34-37-40-43-46-49-52-58(60)63-56-57(55-62-54-51-48-45-42-39-36-33-29-26-23-20-17-14-11-8-5-2)64-59(61)53-50-47-44-41-38-35-31-27-24-21-18-15-12-9-6-3/h18,21,25-29,31,57H,4-17,19-20,22-24,30,32-56H2,1-3H3/b21-18-,28-25-,29-26-,31-27-. The number of esters is 2. The van der Waals surface area contributed by atoms with Crippen molar-refractivity contribution in [2.24, 2.45) is 0 Å². The Morgan fingerprint density at radius 1 is 0.344 bits per heavy atom. The minimum absolute atomic E-state index is 0.0769. The quantitative estimate of drug-likeness (QED) is 0.0346. The van der Waals surface area contributed by atoms with Crippen LogP contribution in [0, 0.1) is 0 Å². The van der Waals surface area contributed by atoms with Gasteiger partial charge in [-0.2, -0.15) is 0 Å². The SMILES string of the molecule is CCCCC/C=C\C/C=C\CCCCCCCC(=O)OC(COCCCCCCCC/C=C\CCCCCCCC)COC(=O)CCCCCCCCC/C=C\CCCCCCCC. The van der Waals surface area contributed by atoms with Gasteiger partial charge in [0.05, 0.1) is 6.61 Å². The molecule has 0 amide bonds. The Bertz CT molecular complexity index is 1060. The molecule has 1 atom stereocenters. The maximum absolute atomic E-state index is 12.8. The van der Waals surface area contributed by atoms with Gasteiger partial charge < -0.3 is 14.2 Å². The highest BCUT2D eigenvalue weighted by molar-refractivity contribution is 5.70. The number of unbranched alkanes of at least 4 members (excludes halogenated alkanes) is 33. The summed E-state index contributed by atoms with van der Waals surface area (Å²) in [5.74, 6) is -0.410. The normalized spacial score (nSPS) is 12.5. The molecule has 0 aliphatic heterocycles. The molecule has 5 nitrogen and oxygen atoms in total. The molecule has 5 heteroatoms. The number of ether oxygens (including phenoxy) is 3. The molecule has 0 aromatic heterocycles. The highest BCUT2D eigenvalue weighted by Gasteiger charge is 2.17. The number of carbonyl (C=O) groups excluding carboxylic acids is 2. The second-order valence-electron chi connectivity index (χ2n) is 18.8. The van der Waals surface area contributed by atoms with Crippen molar-refractivity contribution in [1.82, 2.24) is 0 Å². The molecule has 0 aromatic rings. The summed E-state index contributed by atoms with van der Waals surface area (Å²) in [7, 11) is 0. The lowest BCUT2D eigenvalue weighted by molar-refractivity contribution is -0.163. The number of hydrogen-bond donors (Lipinski definition) is 0. The third-order valence-corrected chi connectivity index (χ3v) is 12.3. The van der Waals surface area contributed by atoms with Crippen LogP contribution in [-0.2, 0) is 23.8 Å². The summed E-state index contributed by atoms with van der Waals surface area (Å²) in [6, 6.07) is 0. The Kier molecular flexibility index (Phi) is 53.3. The summed E-state index contributed by atoms with van der Waals surface area (Å²) in [5, 5.41) is 0. The maximum Gasteiger partial charge on any atom is 0.306 e. The zero-order valence-corrected chi connectivity index (χ0v) is 43.1. The topological polar surface area (TPSA) is 61.8 Å². The molecular weight excluding hydrogens is 789 g/mol. The first kappa shape index (κ1) is 61.9. The average molecular weight is 898 g/mol. The minimum Gasteiger partial charge on any atom is -0.462 e. The van der Waals surface area contributed by atoms with Crippen LogP contribution >= 0.6 is 0 Å². The van der Waals surface area contributed by atoms with Crippen LogP contribution in [0.5, 0.6) is 0 Å². The molecule has 0 saturated carbocycles. The number of rotatable bonds is 52. The van der Waals surface area contributed by atoms with E-state index in [9.17, 15) is 9.59 Å². The van der Waals surface area contributed by atoms with E-state index in [1.165, 1.54) is 199 Å². The number of carbonyl (C=O) groups is 2. The molecule has 0 N–H and O–H groups in total. The third kappa shape index (κ3) is 52.5. The van der Waals surface area contributed by atoms with Crippen LogP contribution in [0.15, 0.2) is 48.6 Å². The fraction of sp³-hybridized carbons (Fsp3) is 0.831. The van der Waals surface area contributed by atoms with Crippen LogP contribution in [0.2, 0.25) is 0 Å². The molecule has 64 heavy (non-hydrogen) atoms. The summed E-state index contributed by atoms with van der Waals surface area (Å²) < 4.78 is 17.4. The zero-order chi connectivity index (χ0) is 46.3. The van der Waals surface area contributed by atoms with E-state index >= 15 is 0 Å². The third-order valence-electron chi connectivity index (χ3n) is 12.3. The van der Waals surface area contributed by atoms with E-state index < -0.39 is 6.10 Å². The Labute approximate surface area is 399 Å². The van der Waals surface area contributed by atoms with Gasteiger partial charge in [0.1, 0.15) is 6.61 Å². The Morgan fingerprint density at radius 2 is 0.656 bits per heavy atom. The summed E-state index contributed by atoms with van der Waals surface area (Å²) in [6.45, 7) is 7.80. The van der Waals surface area contributed by atoms with Crippen molar-refractivity contribution >= 4 is 11.9 Å². The van der Waals surface area contributed by atoms with Crippen molar-refractivity contribution in [2.75, 3.05) is 19.8 Å². The van der Waals surface area contributed by atoms with Crippen LogP contribution in [0.4, 0.5) is 0 Å². The summed E-state index contributed by atoms with van der Waals surface area (Å²) in [6.07, 6.45) is 68.4. The van der Waals surface area contributed by atoms with Gasteiger partial charge >= 0.3 is 11.9 Å². The molecule has 0 aromatic carbocycles. The monoisotopic (exact) mass is 897 g/mol. The molecular formula is C59H108O5. The second kappa shape index (κ2) is 55.2. The van der Waals surface area contributed by atoms with E-state index in [-0.39, 0.29) is 25.2 Å². The first-order chi connectivity index (χ1) is 31.6. The van der Waals surface area contributed by atoms with E-state index in [1.807, 2.05) is 0 Å². The van der Waals surface area contributed by atoms with Gasteiger partial charge in [-0.1, -0.05) is 223 Å². The smallest absolute Gasteiger partial charge is 0.306 e. The molecule has 0 rings (SSSR count). The number of hydrogen-bond acceptors (Lipinski definition) is 5. The Hall–Kier alpha value is -2.14. The molecule has 0 fully saturated rings. The van der Waals surface area contributed by atoms with Gasteiger partial charge in [0.15, 0.2) is 6.10 Å². The molecule has 0 heterocycles. The molecule has 0 radical (unpaired) electrons.